The Bertz CT molecular complexity index is 388. The first-order valence-corrected chi connectivity index (χ1v) is 6.02. The quantitative estimate of drug-likeness (QED) is 0.439. The summed E-state index contributed by atoms with van der Waals surface area (Å²) in [4.78, 5) is 20.6. The number of nitrogens with two attached hydrogens (primary N) is 3. The van der Waals surface area contributed by atoms with E-state index in [2.05, 4.69) is 0 Å². The van der Waals surface area contributed by atoms with Crippen molar-refractivity contribution in [3.63, 3.8) is 0 Å². The van der Waals surface area contributed by atoms with Gasteiger partial charge in [-0.25, -0.2) is 0 Å². The molecular formula is C13H21N3O3Zn. The number of hydrogen-bond donors (Lipinski definition) is 4. The normalized spacial score (nSPS) is 10.5. The van der Waals surface area contributed by atoms with Gasteiger partial charge in [-0.1, -0.05) is 24.6 Å². The van der Waals surface area contributed by atoms with Gasteiger partial charge in [-0.15, -0.1) is 0 Å². The number of carboxylic acids is 1. The van der Waals surface area contributed by atoms with Gasteiger partial charge in [0.25, 0.3) is 0 Å². The summed E-state index contributed by atoms with van der Waals surface area (Å²) in [6.07, 6.45) is 2.16. The maximum Gasteiger partial charge on any atom is 0.320 e. The molecule has 0 radical (unpaired) electrons. The molecule has 1 aromatic rings. The molecule has 0 heterocycles. The zero-order chi connectivity index (χ0) is 14.7. The molecular weight excluding hydrogens is 312 g/mol. The van der Waals surface area contributed by atoms with Crippen LogP contribution in [0.1, 0.15) is 29.6 Å². The Hall–Kier alpha value is -1.30. The fraction of sp³-hybridized carbons (Fsp3) is 0.385. The van der Waals surface area contributed by atoms with Gasteiger partial charge >= 0.3 is 5.97 Å². The maximum atomic E-state index is 10.4. The smallest absolute Gasteiger partial charge is 0.320 e. The van der Waals surface area contributed by atoms with E-state index in [1.165, 1.54) is 0 Å². The summed E-state index contributed by atoms with van der Waals surface area (Å²) < 4.78 is 0. The molecule has 1 aromatic carbocycles. The molecule has 0 aliphatic rings. The second kappa shape index (κ2) is 12.7. The van der Waals surface area contributed by atoms with Crippen molar-refractivity contribution in [3.05, 3.63) is 35.9 Å². The first-order valence-electron chi connectivity index (χ1n) is 6.02. The van der Waals surface area contributed by atoms with Gasteiger partial charge in [-0.05, 0) is 31.5 Å². The van der Waals surface area contributed by atoms with Gasteiger partial charge in [0, 0.05) is 25.0 Å². The Labute approximate surface area is 131 Å². The van der Waals surface area contributed by atoms with Crippen LogP contribution >= 0.6 is 0 Å². The number of hydrogen-bond acceptors (Lipinski definition) is 4. The van der Waals surface area contributed by atoms with Crippen molar-refractivity contribution < 1.29 is 34.2 Å². The average molecular weight is 333 g/mol. The van der Waals surface area contributed by atoms with Gasteiger partial charge in [0.15, 0.2) is 0 Å². The predicted octanol–water partition coefficient (Wildman–Crippen LogP) is 0.310. The SMILES string of the molecule is NC(=O)c1ccccc1.NCCCCC(N)C(=O)O.[Zn]. The minimum atomic E-state index is -0.933. The van der Waals surface area contributed by atoms with Crippen molar-refractivity contribution in [2.45, 2.75) is 25.3 Å². The molecule has 0 fully saturated rings. The Morgan fingerprint density at radius 1 is 1.15 bits per heavy atom. The number of aliphatic carboxylic acids is 1. The van der Waals surface area contributed by atoms with Crippen LogP contribution in [0.25, 0.3) is 0 Å². The first kappa shape index (κ1) is 21.0. The molecule has 1 atom stereocenters. The van der Waals surface area contributed by atoms with Crippen molar-refractivity contribution in [2.24, 2.45) is 17.2 Å². The van der Waals surface area contributed by atoms with E-state index in [1.807, 2.05) is 6.07 Å². The largest absolute Gasteiger partial charge is 0.480 e. The Balaban J connectivity index is 0. The number of amides is 1. The molecule has 7 heteroatoms. The van der Waals surface area contributed by atoms with Gasteiger partial charge in [-0.3, -0.25) is 9.59 Å². The monoisotopic (exact) mass is 331 g/mol. The molecule has 0 saturated carbocycles. The standard InChI is InChI=1S/C7H7NO.C6H14N2O2.Zn/c8-7(9)6-4-2-1-3-5-6;7-4-2-1-3-5(8)6(9)10;/h1-5H,(H2,8,9);5H,1-4,7-8H2,(H,9,10);. The number of primary amides is 1. The minimum Gasteiger partial charge on any atom is -0.480 e. The van der Waals surface area contributed by atoms with Crippen molar-refractivity contribution in [2.75, 3.05) is 6.54 Å². The van der Waals surface area contributed by atoms with E-state index in [4.69, 9.17) is 22.3 Å². The number of rotatable bonds is 6. The van der Waals surface area contributed by atoms with Crippen molar-refractivity contribution in [3.8, 4) is 0 Å². The minimum absolute atomic E-state index is 0. The molecule has 6 nitrogen and oxygen atoms in total. The van der Waals surface area contributed by atoms with Crippen LogP contribution in [0, 0.1) is 0 Å². The molecule has 0 spiro atoms. The fourth-order valence-electron chi connectivity index (χ4n) is 1.23. The van der Waals surface area contributed by atoms with Crippen molar-refractivity contribution in [1.82, 2.24) is 0 Å². The molecule has 0 saturated heterocycles. The molecule has 0 aliphatic carbocycles. The van der Waals surface area contributed by atoms with Gasteiger partial charge in [0.2, 0.25) is 5.91 Å². The van der Waals surface area contributed by atoms with Crippen LogP contribution in [0.3, 0.4) is 0 Å². The third-order valence-corrected chi connectivity index (χ3v) is 2.34. The van der Waals surface area contributed by atoms with Crippen LogP contribution in [0.4, 0.5) is 0 Å². The van der Waals surface area contributed by atoms with Gasteiger partial charge < -0.3 is 22.3 Å². The maximum absolute atomic E-state index is 10.4. The molecule has 20 heavy (non-hydrogen) atoms. The van der Waals surface area contributed by atoms with Gasteiger partial charge in [-0.2, -0.15) is 0 Å². The summed E-state index contributed by atoms with van der Waals surface area (Å²) in [6, 6.07) is 8.05. The molecule has 1 rings (SSSR count). The van der Waals surface area contributed by atoms with Crippen LogP contribution in [0.15, 0.2) is 30.3 Å². The first-order chi connectivity index (χ1) is 8.99. The molecule has 7 N–H and O–H groups in total. The molecule has 1 unspecified atom stereocenters. The fourth-order valence-corrected chi connectivity index (χ4v) is 1.23. The van der Waals surface area contributed by atoms with E-state index >= 15 is 0 Å². The number of unbranched alkanes of at least 4 members (excludes halogenated alkanes) is 1. The van der Waals surface area contributed by atoms with E-state index in [1.54, 1.807) is 24.3 Å². The topological polar surface area (TPSA) is 132 Å². The van der Waals surface area contributed by atoms with Gasteiger partial charge in [0.1, 0.15) is 6.04 Å². The van der Waals surface area contributed by atoms with E-state index in [0.29, 0.717) is 18.5 Å². The summed E-state index contributed by atoms with van der Waals surface area (Å²) in [5, 5.41) is 8.33. The average Bonchev–Trinajstić information content (AvgIpc) is 2.40. The van der Waals surface area contributed by atoms with Crippen molar-refractivity contribution >= 4 is 11.9 Å². The van der Waals surface area contributed by atoms with Gasteiger partial charge in [0.05, 0.1) is 0 Å². The number of carboxylic acid groups (broad SMARTS) is 1. The second-order valence-corrected chi connectivity index (χ2v) is 3.96. The molecule has 1 amide bonds. The third-order valence-electron chi connectivity index (χ3n) is 2.34. The molecule has 0 aromatic heterocycles. The molecule has 0 bridgehead atoms. The Kier molecular flexibility index (Phi) is 13.4. The summed E-state index contributed by atoms with van der Waals surface area (Å²) >= 11 is 0. The number of carbonyl (C=O) groups excluding carboxylic acids is 1. The van der Waals surface area contributed by atoms with Crippen LogP contribution < -0.4 is 17.2 Å². The van der Waals surface area contributed by atoms with Crippen LogP contribution in [-0.4, -0.2) is 29.6 Å². The molecule has 108 valence electrons. The zero-order valence-corrected chi connectivity index (χ0v) is 14.5. The van der Waals surface area contributed by atoms with E-state index in [-0.39, 0.29) is 25.4 Å². The number of carbonyl (C=O) groups is 2. The summed E-state index contributed by atoms with van der Waals surface area (Å²) in [7, 11) is 0. The van der Waals surface area contributed by atoms with E-state index < -0.39 is 12.0 Å². The zero-order valence-electron chi connectivity index (χ0n) is 11.5. The van der Waals surface area contributed by atoms with E-state index in [0.717, 1.165) is 12.8 Å². The second-order valence-electron chi connectivity index (χ2n) is 3.96. The number of benzene rings is 1. The predicted molar refractivity (Wildman–Crippen MR) is 73.5 cm³/mol. The Morgan fingerprint density at radius 3 is 2.05 bits per heavy atom. The summed E-state index contributed by atoms with van der Waals surface area (Å²) in [5.74, 6) is -1.31. The van der Waals surface area contributed by atoms with Crippen LogP contribution in [0.5, 0.6) is 0 Å². The summed E-state index contributed by atoms with van der Waals surface area (Å²) in [5.41, 5.74) is 15.9. The molecule has 0 aliphatic heterocycles. The van der Waals surface area contributed by atoms with Crippen molar-refractivity contribution in [1.29, 1.82) is 0 Å². The summed E-state index contributed by atoms with van der Waals surface area (Å²) in [6.45, 7) is 0.604. The Morgan fingerprint density at radius 2 is 1.70 bits per heavy atom. The van der Waals surface area contributed by atoms with Crippen LogP contribution in [-0.2, 0) is 24.3 Å². The van der Waals surface area contributed by atoms with E-state index in [9.17, 15) is 9.59 Å². The third kappa shape index (κ3) is 10.6. The van der Waals surface area contributed by atoms with Crippen LogP contribution in [0.2, 0.25) is 0 Å².